The lowest BCUT2D eigenvalue weighted by atomic mass is 10.4. The molecule has 0 bridgehead atoms. The van der Waals surface area contributed by atoms with Crippen molar-refractivity contribution in [3.05, 3.63) is 21.3 Å². The third kappa shape index (κ3) is 1.63. The summed E-state index contributed by atoms with van der Waals surface area (Å²) in [5.41, 5.74) is 7.16. The molecule has 1 aromatic rings. The molecule has 0 saturated heterocycles. The van der Waals surface area contributed by atoms with Crippen molar-refractivity contribution in [2.75, 3.05) is 0 Å². The molecule has 0 aliphatic carbocycles. The van der Waals surface area contributed by atoms with Crippen molar-refractivity contribution in [3.8, 4) is 0 Å². The molecule has 0 unspecified atom stereocenters. The summed E-state index contributed by atoms with van der Waals surface area (Å²) in [7, 11) is 0. The van der Waals surface area contributed by atoms with Gasteiger partial charge in [0.1, 0.15) is 3.70 Å². The normalized spacial score (nSPS) is 9.90. The Labute approximate surface area is 73.2 Å². The van der Waals surface area contributed by atoms with Gasteiger partial charge in [0.05, 0.1) is 17.6 Å². The van der Waals surface area contributed by atoms with Crippen LogP contribution >= 0.6 is 22.6 Å². The van der Waals surface area contributed by atoms with E-state index in [0.717, 1.165) is 15.1 Å². The van der Waals surface area contributed by atoms with Crippen molar-refractivity contribution in [1.29, 1.82) is 0 Å². The number of nitrogens with zero attached hydrogens (tertiary/aromatic N) is 2. The molecule has 0 aliphatic heterocycles. The fourth-order valence-corrected chi connectivity index (χ4v) is 0.873. The lowest BCUT2D eigenvalue weighted by Crippen LogP contribution is -2.03. The summed E-state index contributed by atoms with van der Waals surface area (Å²) in [6.45, 7) is 2.39. The first-order valence-corrected chi connectivity index (χ1v) is 4.00. The molecule has 0 spiro atoms. The van der Waals surface area contributed by atoms with E-state index in [1.54, 1.807) is 6.20 Å². The predicted molar refractivity (Wildman–Crippen MR) is 47.4 cm³/mol. The fourth-order valence-electron chi connectivity index (χ4n) is 0.613. The SMILES string of the molecule is Cc1nc(CN)cnc1I. The Balaban J connectivity index is 3.04. The summed E-state index contributed by atoms with van der Waals surface area (Å²) >= 11 is 2.14. The lowest BCUT2D eigenvalue weighted by Gasteiger charge is -1.97. The first-order valence-electron chi connectivity index (χ1n) is 2.92. The molecule has 0 amide bonds. The summed E-state index contributed by atoms with van der Waals surface area (Å²) < 4.78 is 0.940. The van der Waals surface area contributed by atoms with E-state index in [9.17, 15) is 0 Å². The summed E-state index contributed by atoms with van der Waals surface area (Å²) in [6, 6.07) is 0. The standard InChI is InChI=1S/C6H8IN3/c1-4-6(7)9-3-5(2-8)10-4/h3H,2,8H2,1H3. The van der Waals surface area contributed by atoms with E-state index in [1.165, 1.54) is 0 Å². The zero-order valence-corrected chi connectivity index (χ0v) is 7.79. The van der Waals surface area contributed by atoms with Crippen LogP contribution in [0.1, 0.15) is 11.4 Å². The topological polar surface area (TPSA) is 51.8 Å². The van der Waals surface area contributed by atoms with Gasteiger partial charge >= 0.3 is 0 Å². The number of hydrogen-bond donors (Lipinski definition) is 1. The number of hydrogen-bond acceptors (Lipinski definition) is 3. The number of halogens is 1. The van der Waals surface area contributed by atoms with Gasteiger partial charge in [-0.1, -0.05) is 0 Å². The van der Waals surface area contributed by atoms with Gasteiger partial charge in [0, 0.05) is 6.54 Å². The molecular formula is C6H8IN3. The molecule has 0 aromatic carbocycles. The first kappa shape index (κ1) is 7.87. The van der Waals surface area contributed by atoms with Crippen LogP contribution in [0.4, 0.5) is 0 Å². The van der Waals surface area contributed by atoms with Gasteiger partial charge in [-0.15, -0.1) is 0 Å². The molecule has 54 valence electrons. The highest BCUT2D eigenvalue weighted by molar-refractivity contribution is 14.1. The fraction of sp³-hybridized carbons (Fsp3) is 0.333. The molecular weight excluding hydrogens is 241 g/mol. The van der Waals surface area contributed by atoms with Gasteiger partial charge in [-0.2, -0.15) is 0 Å². The Morgan fingerprint density at radius 2 is 2.40 bits per heavy atom. The van der Waals surface area contributed by atoms with E-state index in [4.69, 9.17) is 5.73 Å². The molecule has 1 rings (SSSR count). The minimum Gasteiger partial charge on any atom is -0.325 e. The van der Waals surface area contributed by atoms with Crippen molar-refractivity contribution in [2.24, 2.45) is 5.73 Å². The zero-order chi connectivity index (χ0) is 7.56. The summed E-state index contributed by atoms with van der Waals surface area (Å²) in [5, 5.41) is 0. The van der Waals surface area contributed by atoms with Gasteiger partial charge in [-0.05, 0) is 29.5 Å². The van der Waals surface area contributed by atoms with Crippen molar-refractivity contribution in [2.45, 2.75) is 13.5 Å². The number of rotatable bonds is 1. The maximum atomic E-state index is 5.36. The second kappa shape index (κ2) is 3.25. The van der Waals surface area contributed by atoms with Crippen LogP contribution in [0, 0.1) is 10.6 Å². The largest absolute Gasteiger partial charge is 0.325 e. The molecule has 0 aliphatic rings. The highest BCUT2D eigenvalue weighted by atomic mass is 127. The van der Waals surface area contributed by atoms with E-state index in [2.05, 4.69) is 32.6 Å². The van der Waals surface area contributed by atoms with Crippen LogP contribution in [0.3, 0.4) is 0 Å². The van der Waals surface area contributed by atoms with Crippen molar-refractivity contribution in [3.63, 3.8) is 0 Å². The van der Waals surface area contributed by atoms with Crippen LogP contribution in [0.15, 0.2) is 6.20 Å². The molecule has 1 heterocycles. The van der Waals surface area contributed by atoms with Crippen LogP contribution in [0.25, 0.3) is 0 Å². The highest BCUT2D eigenvalue weighted by Crippen LogP contribution is 2.04. The smallest absolute Gasteiger partial charge is 0.122 e. The van der Waals surface area contributed by atoms with Gasteiger partial charge in [-0.25, -0.2) is 4.98 Å². The zero-order valence-electron chi connectivity index (χ0n) is 5.63. The quantitative estimate of drug-likeness (QED) is 0.750. The van der Waals surface area contributed by atoms with Crippen LogP contribution in [-0.4, -0.2) is 9.97 Å². The molecule has 4 heteroatoms. The van der Waals surface area contributed by atoms with Crippen LogP contribution in [0.2, 0.25) is 0 Å². The molecule has 1 aromatic heterocycles. The summed E-state index contributed by atoms with van der Waals surface area (Å²) in [6.07, 6.45) is 1.70. The highest BCUT2D eigenvalue weighted by Gasteiger charge is 1.96. The van der Waals surface area contributed by atoms with E-state index in [1.807, 2.05) is 6.92 Å². The Hall–Kier alpha value is -0.230. The Morgan fingerprint density at radius 1 is 1.70 bits per heavy atom. The minimum absolute atomic E-state index is 0.463. The molecule has 0 atom stereocenters. The Bertz CT molecular complexity index is 236. The van der Waals surface area contributed by atoms with Gasteiger partial charge in [0.2, 0.25) is 0 Å². The number of aryl methyl sites for hydroxylation is 1. The molecule has 0 radical (unpaired) electrons. The monoisotopic (exact) mass is 249 g/mol. The average Bonchev–Trinajstić information content (AvgIpc) is 1.95. The molecule has 10 heavy (non-hydrogen) atoms. The second-order valence-corrected chi connectivity index (χ2v) is 2.96. The van der Waals surface area contributed by atoms with Gasteiger partial charge in [0.25, 0.3) is 0 Å². The molecule has 2 N–H and O–H groups in total. The Morgan fingerprint density at radius 3 is 2.90 bits per heavy atom. The van der Waals surface area contributed by atoms with Crippen LogP contribution in [-0.2, 0) is 6.54 Å². The number of nitrogens with two attached hydrogens (primary N) is 1. The lowest BCUT2D eigenvalue weighted by molar-refractivity contribution is 0.927. The maximum Gasteiger partial charge on any atom is 0.122 e. The van der Waals surface area contributed by atoms with E-state index in [-0.39, 0.29) is 0 Å². The summed E-state index contributed by atoms with van der Waals surface area (Å²) in [5.74, 6) is 0. The third-order valence-corrected chi connectivity index (χ3v) is 2.21. The van der Waals surface area contributed by atoms with E-state index >= 15 is 0 Å². The van der Waals surface area contributed by atoms with Crippen LogP contribution < -0.4 is 5.73 Å². The molecule has 0 fully saturated rings. The van der Waals surface area contributed by atoms with Crippen molar-refractivity contribution >= 4 is 22.6 Å². The molecule has 3 nitrogen and oxygen atoms in total. The Kier molecular flexibility index (Phi) is 2.56. The van der Waals surface area contributed by atoms with E-state index < -0.39 is 0 Å². The van der Waals surface area contributed by atoms with Crippen molar-refractivity contribution < 1.29 is 0 Å². The third-order valence-electron chi connectivity index (χ3n) is 1.15. The van der Waals surface area contributed by atoms with Gasteiger partial charge < -0.3 is 5.73 Å². The molecule has 0 saturated carbocycles. The summed E-state index contributed by atoms with van der Waals surface area (Å²) in [4.78, 5) is 8.29. The second-order valence-electron chi connectivity index (χ2n) is 1.94. The number of aromatic nitrogens is 2. The van der Waals surface area contributed by atoms with Gasteiger partial charge in [0.15, 0.2) is 0 Å². The minimum atomic E-state index is 0.463. The van der Waals surface area contributed by atoms with Crippen LogP contribution in [0.5, 0.6) is 0 Å². The average molecular weight is 249 g/mol. The first-order chi connectivity index (χ1) is 4.74. The maximum absolute atomic E-state index is 5.36. The van der Waals surface area contributed by atoms with Crippen molar-refractivity contribution in [1.82, 2.24) is 9.97 Å². The van der Waals surface area contributed by atoms with E-state index in [0.29, 0.717) is 6.54 Å². The predicted octanol–water partition coefficient (Wildman–Crippen LogP) is 0.848. The van der Waals surface area contributed by atoms with Gasteiger partial charge in [-0.3, -0.25) is 4.98 Å².